The summed E-state index contributed by atoms with van der Waals surface area (Å²) < 4.78 is 31.3. The van der Waals surface area contributed by atoms with Gasteiger partial charge in [-0.25, -0.2) is 8.78 Å². The summed E-state index contributed by atoms with van der Waals surface area (Å²) >= 11 is 0. The van der Waals surface area contributed by atoms with Crippen LogP contribution >= 0.6 is 0 Å². The van der Waals surface area contributed by atoms with E-state index in [2.05, 4.69) is 20.8 Å². The van der Waals surface area contributed by atoms with E-state index in [1.165, 1.54) is 0 Å². The van der Waals surface area contributed by atoms with Crippen LogP contribution in [-0.4, -0.2) is 35.2 Å². The Hall–Kier alpha value is -2.35. The average Bonchev–Trinajstić information content (AvgIpc) is 2.89. The zero-order valence-corrected chi connectivity index (χ0v) is 10.9. The molecule has 1 aromatic heterocycles. The molecule has 1 saturated heterocycles. The van der Waals surface area contributed by atoms with Crippen molar-refractivity contribution in [1.82, 2.24) is 20.8 Å². The summed E-state index contributed by atoms with van der Waals surface area (Å²) in [4.78, 5) is 15.7. The lowest BCUT2D eigenvalue weighted by molar-refractivity contribution is -0.124. The predicted molar refractivity (Wildman–Crippen MR) is 68.2 cm³/mol. The van der Waals surface area contributed by atoms with Crippen molar-refractivity contribution in [3.8, 4) is 11.4 Å². The molecular weight excluding hydrogens is 282 g/mol. The number of hydrogen-bond acceptors (Lipinski definition) is 5. The molecule has 3 rings (SSSR count). The van der Waals surface area contributed by atoms with Gasteiger partial charge in [0.15, 0.2) is 0 Å². The maximum absolute atomic E-state index is 13.2. The van der Waals surface area contributed by atoms with Crippen LogP contribution in [0.2, 0.25) is 0 Å². The third-order valence-corrected chi connectivity index (χ3v) is 3.10. The molecule has 110 valence electrons. The predicted octanol–water partition coefficient (Wildman–Crippen LogP) is 0.645. The van der Waals surface area contributed by atoms with Crippen LogP contribution in [0.5, 0.6) is 0 Å². The first-order valence-corrected chi connectivity index (χ1v) is 6.42. The molecule has 0 bridgehead atoms. The SMILES string of the molecule is O=C1NCCNC1Cc1nc(-c2cc(F)cc(F)c2)no1. The highest BCUT2D eigenvalue weighted by Crippen LogP contribution is 2.19. The van der Waals surface area contributed by atoms with Crippen molar-refractivity contribution >= 4 is 5.91 Å². The normalized spacial score (nSPS) is 18.6. The molecule has 21 heavy (non-hydrogen) atoms. The van der Waals surface area contributed by atoms with Gasteiger partial charge in [-0.3, -0.25) is 4.79 Å². The maximum Gasteiger partial charge on any atom is 0.237 e. The van der Waals surface area contributed by atoms with Crippen molar-refractivity contribution in [3.63, 3.8) is 0 Å². The molecule has 1 fully saturated rings. The average molecular weight is 294 g/mol. The van der Waals surface area contributed by atoms with Crippen LogP contribution < -0.4 is 10.6 Å². The Kier molecular flexibility index (Phi) is 3.61. The Balaban J connectivity index is 1.78. The number of nitrogens with one attached hydrogen (secondary N) is 2. The maximum atomic E-state index is 13.2. The number of piperazine rings is 1. The first-order valence-electron chi connectivity index (χ1n) is 6.42. The topological polar surface area (TPSA) is 80.0 Å². The summed E-state index contributed by atoms with van der Waals surface area (Å²) in [5.41, 5.74) is 0.184. The van der Waals surface area contributed by atoms with E-state index in [-0.39, 0.29) is 29.6 Å². The van der Waals surface area contributed by atoms with Gasteiger partial charge in [0, 0.05) is 24.7 Å². The van der Waals surface area contributed by atoms with E-state index >= 15 is 0 Å². The first-order chi connectivity index (χ1) is 10.1. The Morgan fingerprint density at radius 3 is 2.71 bits per heavy atom. The molecule has 0 radical (unpaired) electrons. The lowest BCUT2D eigenvalue weighted by atomic mass is 10.1. The molecule has 1 aliphatic heterocycles. The van der Waals surface area contributed by atoms with Crippen molar-refractivity contribution in [2.75, 3.05) is 13.1 Å². The van der Waals surface area contributed by atoms with E-state index in [0.717, 1.165) is 18.2 Å². The summed E-state index contributed by atoms with van der Waals surface area (Å²) in [6.07, 6.45) is 0.219. The highest BCUT2D eigenvalue weighted by molar-refractivity contribution is 5.82. The zero-order chi connectivity index (χ0) is 14.8. The number of carbonyl (C=O) groups is 1. The number of rotatable bonds is 3. The van der Waals surface area contributed by atoms with Crippen molar-refractivity contribution in [2.45, 2.75) is 12.5 Å². The van der Waals surface area contributed by atoms with Crippen LogP contribution in [0.15, 0.2) is 22.7 Å². The number of carbonyl (C=O) groups excluding carboxylic acids is 1. The molecule has 2 N–H and O–H groups in total. The lowest BCUT2D eigenvalue weighted by Crippen LogP contribution is -2.53. The van der Waals surface area contributed by atoms with Crippen LogP contribution in [0.4, 0.5) is 8.78 Å². The molecule has 6 nitrogen and oxygen atoms in total. The van der Waals surface area contributed by atoms with E-state index in [9.17, 15) is 13.6 Å². The molecule has 1 aromatic carbocycles. The quantitative estimate of drug-likeness (QED) is 0.868. The summed E-state index contributed by atoms with van der Waals surface area (Å²) in [7, 11) is 0. The van der Waals surface area contributed by atoms with Crippen molar-refractivity contribution in [3.05, 3.63) is 35.7 Å². The van der Waals surface area contributed by atoms with Crippen molar-refractivity contribution < 1.29 is 18.1 Å². The smallest absolute Gasteiger partial charge is 0.237 e. The molecule has 1 amide bonds. The standard InChI is InChI=1S/C13H12F2N4O2/c14-8-3-7(4-9(15)5-8)12-18-11(21-19-12)6-10-13(20)17-2-1-16-10/h3-5,10,16H,1-2,6H2,(H,17,20). The molecule has 1 atom stereocenters. The highest BCUT2D eigenvalue weighted by atomic mass is 19.1. The summed E-state index contributed by atoms with van der Waals surface area (Å²) in [6, 6.07) is 2.55. The fourth-order valence-corrected chi connectivity index (χ4v) is 2.13. The number of aromatic nitrogens is 2. The molecule has 1 aliphatic rings. The Morgan fingerprint density at radius 2 is 2.00 bits per heavy atom. The lowest BCUT2D eigenvalue weighted by Gasteiger charge is -2.21. The number of amides is 1. The minimum atomic E-state index is -0.718. The first kappa shape index (κ1) is 13.6. The molecule has 0 aliphatic carbocycles. The van der Waals surface area contributed by atoms with Gasteiger partial charge in [0.05, 0.1) is 12.5 Å². The molecule has 2 aromatic rings. The molecular formula is C13H12F2N4O2. The Bertz CT molecular complexity index is 654. The second-order valence-corrected chi connectivity index (χ2v) is 4.67. The van der Waals surface area contributed by atoms with E-state index in [4.69, 9.17) is 4.52 Å². The highest BCUT2D eigenvalue weighted by Gasteiger charge is 2.24. The fourth-order valence-electron chi connectivity index (χ4n) is 2.13. The van der Waals surface area contributed by atoms with E-state index in [1.807, 2.05) is 0 Å². The van der Waals surface area contributed by atoms with Gasteiger partial charge in [-0.15, -0.1) is 0 Å². The van der Waals surface area contributed by atoms with Crippen molar-refractivity contribution in [2.24, 2.45) is 0 Å². The van der Waals surface area contributed by atoms with Gasteiger partial charge in [0.1, 0.15) is 11.6 Å². The van der Waals surface area contributed by atoms with Crippen LogP contribution in [0.1, 0.15) is 5.89 Å². The van der Waals surface area contributed by atoms with Gasteiger partial charge in [-0.1, -0.05) is 5.16 Å². The number of hydrogen-bond donors (Lipinski definition) is 2. The molecule has 0 saturated carbocycles. The second kappa shape index (κ2) is 5.57. The molecule has 1 unspecified atom stereocenters. The van der Waals surface area contributed by atoms with Gasteiger partial charge in [0.25, 0.3) is 0 Å². The van der Waals surface area contributed by atoms with E-state index in [0.29, 0.717) is 13.1 Å². The van der Waals surface area contributed by atoms with Crippen LogP contribution in [0, 0.1) is 11.6 Å². The van der Waals surface area contributed by atoms with Gasteiger partial charge >= 0.3 is 0 Å². The summed E-state index contributed by atoms with van der Waals surface area (Å²) in [5.74, 6) is -1.27. The molecule has 2 heterocycles. The van der Waals surface area contributed by atoms with Crippen LogP contribution in [0.25, 0.3) is 11.4 Å². The largest absolute Gasteiger partial charge is 0.353 e. The van der Waals surface area contributed by atoms with Gasteiger partial charge in [-0.2, -0.15) is 4.98 Å². The van der Waals surface area contributed by atoms with Crippen molar-refractivity contribution in [1.29, 1.82) is 0 Å². The molecule has 0 spiro atoms. The second-order valence-electron chi connectivity index (χ2n) is 4.67. The number of nitrogens with zero attached hydrogens (tertiary/aromatic N) is 2. The Labute approximate surface area is 118 Å². The van der Waals surface area contributed by atoms with Crippen LogP contribution in [-0.2, 0) is 11.2 Å². The Morgan fingerprint density at radius 1 is 1.24 bits per heavy atom. The van der Waals surface area contributed by atoms with Crippen LogP contribution in [0.3, 0.4) is 0 Å². The van der Waals surface area contributed by atoms with Gasteiger partial charge < -0.3 is 15.2 Å². The molecule has 8 heteroatoms. The minimum Gasteiger partial charge on any atom is -0.353 e. The monoisotopic (exact) mass is 294 g/mol. The summed E-state index contributed by atoms with van der Waals surface area (Å²) in [5, 5.41) is 9.42. The minimum absolute atomic E-state index is 0.0830. The number of halogens is 2. The van der Waals surface area contributed by atoms with Gasteiger partial charge in [0.2, 0.25) is 17.6 Å². The zero-order valence-electron chi connectivity index (χ0n) is 10.9. The third-order valence-electron chi connectivity index (χ3n) is 3.10. The van der Waals surface area contributed by atoms with E-state index in [1.54, 1.807) is 0 Å². The third kappa shape index (κ3) is 3.05. The number of benzene rings is 1. The van der Waals surface area contributed by atoms with Gasteiger partial charge in [-0.05, 0) is 12.1 Å². The fraction of sp³-hybridized carbons (Fsp3) is 0.308. The van der Waals surface area contributed by atoms with E-state index < -0.39 is 17.7 Å². The summed E-state index contributed by atoms with van der Waals surface area (Å²) in [6.45, 7) is 1.24.